The van der Waals surface area contributed by atoms with Gasteiger partial charge in [0.25, 0.3) is 0 Å². The van der Waals surface area contributed by atoms with Crippen molar-refractivity contribution >= 4 is 0 Å². The third kappa shape index (κ3) is 4.10. The summed E-state index contributed by atoms with van der Waals surface area (Å²) in [4.78, 5) is 15.8. The van der Waals surface area contributed by atoms with Crippen LogP contribution in [0.2, 0.25) is 0 Å². The number of ether oxygens (including phenoxy) is 1. The van der Waals surface area contributed by atoms with Gasteiger partial charge in [-0.1, -0.05) is 12.1 Å². The lowest BCUT2D eigenvalue weighted by molar-refractivity contribution is -0.140. The van der Waals surface area contributed by atoms with Gasteiger partial charge in [-0.05, 0) is 48.1 Å². The monoisotopic (exact) mass is 453 g/mol. The number of aromatic amines is 1. The number of H-pyrrole nitrogens is 1. The topological polar surface area (TPSA) is 68.6 Å². The molecule has 1 aromatic carbocycles. The van der Waals surface area contributed by atoms with E-state index in [2.05, 4.69) is 19.9 Å². The molecular weight excluding hydrogens is 431 g/mol. The second-order valence-electron chi connectivity index (χ2n) is 8.24. The van der Waals surface area contributed by atoms with Crippen molar-refractivity contribution < 1.29 is 17.9 Å². The molecule has 9 heteroatoms. The molecule has 0 amide bonds. The van der Waals surface area contributed by atoms with Gasteiger partial charge < -0.3 is 14.3 Å². The van der Waals surface area contributed by atoms with Crippen molar-refractivity contribution in [2.45, 2.75) is 31.4 Å². The molecule has 170 valence electrons. The summed E-state index contributed by atoms with van der Waals surface area (Å²) >= 11 is 0. The lowest BCUT2D eigenvalue weighted by atomic mass is 9.92. The highest BCUT2D eigenvalue weighted by molar-refractivity contribution is 5.79. The van der Waals surface area contributed by atoms with Gasteiger partial charge in [-0.3, -0.25) is 0 Å². The second kappa shape index (κ2) is 8.06. The molecule has 0 saturated heterocycles. The van der Waals surface area contributed by atoms with Crippen LogP contribution in [0, 0.1) is 0 Å². The fourth-order valence-electron chi connectivity index (χ4n) is 4.12. The van der Waals surface area contributed by atoms with E-state index < -0.39 is 11.9 Å². The molecule has 3 heterocycles. The molecule has 0 unspecified atom stereocenters. The standard InChI is InChI=1S/C24H22F3N5O/c1-32-12-19(24(25,26)27)31-22(32)17-6-5-16(9-14-7-8-28-11-14)18(10-17)20-21(15-3-4-15)29-13-30-23(20)33-2/h5-8,10-13,15,28H,3-4,9H2,1-2H3. The molecule has 0 radical (unpaired) electrons. The molecule has 1 fully saturated rings. The molecular formula is C24H22F3N5O. The van der Waals surface area contributed by atoms with Gasteiger partial charge in [-0.15, -0.1) is 0 Å². The molecule has 6 nitrogen and oxygen atoms in total. The Morgan fingerprint density at radius 1 is 1.18 bits per heavy atom. The predicted molar refractivity (Wildman–Crippen MR) is 117 cm³/mol. The van der Waals surface area contributed by atoms with Crippen LogP contribution in [-0.2, 0) is 19.6 Å². The van der Waals surface area contributed by atoms with E-state index in [0.717, 1.165) is 47.0 Å². The Kier molecular flexibility index (Phi) is 5.19. The van der Waals surface area contributed by atoms with Crippen molar-refractivity contribution in [1.82, 2.24) is 24.5 Å². The van der Waals surface area contributed by atoms with Crippen molar-refractivity contribution in [3.8, 4) is 28.4 Å². The Morgan fingerprint density at radius 2 is 2.00 bits per heavy atom. The van der Waals surface area contributed by atoms with E-state index >= 15 is 0 Å². The molecule has 3 aromatic heterocycles. The fraction of sp³-hybridized carbons (Fsp3) is 0.292. The van der Waals surface area contributed by atoms with Gasteiger partial charge in [0.1, 0.15) is 12.2 Å². The maximum Gasteiger partial charge on any atom is 0.434 e. The molecule has 1 aliphatic rings. The molecule has 1 aliphatic carbocycles. The molecule has 1 saturated carbocycles. The minimum Gasteiger partial charge on any atom is -0.480 e. The SMILES string of the molecule is COc1ncnc(C2CC2)c1-c1cc(-c2nc(C(F)(F)F)cn2C)ccc1Cc1cc[nH]c1. The van der Waals surface area contributed by atoms with Crippen LogP contribution in [0.25, 0.3) is 22.5 Å². The average Bonchev–Trinajstić information content (AvgIpc) is 3.36. The number of halogens is 3. The smallest absolute Gasteiger partial charge is 0.434 e. The Morgan fingerprint density at radius 3 is 2.64 bits per heavy atom. The van der Waals surface area contributed by atoms with E-state index in [-0.39, 0.29) is 5.82 Å². The molecule has 5 rings (SSSR count). The van der Waals surface area contributed by atoms with Crippen LogP contribution in [0.4, 0.5) is 13.2 Å². The molecule has 0 bridgehead atoms. The molecule has 33 heavy (non-hydrogen) atoms. The van der Waals surface area contributed by atoms with E-state index in [0.29, 0.717) is 23.8 Å². The summed E-state index contributed by atoms with van der Waals surface area (Å²) in [6.45, 7) is 0. The maximum absolute atomic E-state index is 13.3. The number of alkyl halides is 3. The molecule has 0 spiro atoms. The Balaban J connectivity index is 1.70. The summed E-state index contributed by atoms with van der Waals surface area (Å²) in [5.74, 6) is 1.02. The Bertz CT molecular complexity index is 1290. The molecule has 4 aromatic rings. The number of imidazole rings is 1. The summed E-state index contributed by atoms with van der Waals surface area (Å²) in [7, 11) is 3.12. The summed E-state index contributed by atoms with van der Waals surface area (Å²) in [5.41, 5.74) is 4.28. The minimum atomic E-state index is -4.51. The van der Waals surface area contributed by atoms with E-state index in [4.69, 9.17) is 4.74 Å². The number of nitrogens with one attached hydrogen (secondary N) is 1. The maximum atomic E-state index is 13.3. The van der Waals surface area contributed by atoms with Crippen molar-refractivity contribution in [3.63, 3.8) is 0 Å². The van der Waals surface area contributed by atoms with E-state index in [1.54, 1.807) is 20.2 Å². The van der Waals surface area contributed by atoms with Crippen LogP contribution >= 0.6 is 0 Å². The van der Waals surface area contributed by atoms with Crippen LogP contribution in [0.3, 0.4) is 0 Å². The van der Waals surface area contributed by atoms with E-state index in [1.165, 1.54) is 10.9 Å². The summed E-state index contributed by atoms with van der Waals surface area (Å²) in [6.07, 6.45) is 4.48. The van der Waals surface area contributed by atoms with Gasteiger partial charge >= 0.3 is 6.18 Å². The first kappa shape index (κ1) is 21.2. The third-order valence-electron chi connectivity index (χ3n) is 5.86. The number of aromatic nitrogens is 5. The summed E-state index contributed by atoms with van der Waals surface area (Å²) < 4.78 is 46.8. The predicted octanol–water partition coefficient (Wildman–Crippen LogP) is 5.37. The first-order valence-electron chi connectivity index (χ1n) is 10.6. The van der Waals surface area contributed by atoms with Crippen LogP contribution < -0.4 is 4.74 Å². The van der Waals surface area contributed by atoms with Gasteiger partial charge in [-0.25, -0.2) is 15.0 Å². The fourth-order valence-corrected chi connectivity index (χ4v) is 4.12. The normalized spacial score (nSPS) is 14.0. The molecule has 0 aliphatic heterocycles. The largest absolute Gasteiger partial charge is 0.480 e. The van der Waals surface area contributed by atoms with Gasteiger partial charge in [0.05, 0.1) is 18.4 Å². The van der Waals surface area contributed by atoms with Gasteiger partial charge in [0, 0.05) is 37.1 Å². The van der Waals surface area contributed by atoms with Gasteiger partial charge in [0.2, 0.25) is 5.88 Å². The lowest BCUT2D eigenvalue weighted by Crippen LogP contribution is -2.05. The first-order valence-corrected chi connectivity index (χ1v) is 10.6. The average molecular weight is 453 g/mol. The minimum absolute atomic E-state index is 0.237. The van der Waals surface area contributed by atoms with Crippen LogP contribution in [0.1, 0.15) is 41.3 Å². The molecule has 1 N–H and O–H groups in total. The van der Waals surface area contributed by atoms with Crippen molar-refractivity contribution in [1.29, 1.82) is 0 Å². The number of rotatable bonds is 6. The second-order valence-corrected chi connectivity index (χ2v) is 8.24. The lowest BCUT2D eigenvalue weighted by Gasteiger charge is -2.17. The number of nitrogens with zero attached hydrogens (tertiary/aromatic N) is 4. The quantitative estimate of drug-likeness (QED) is 0.426. The zero-order valence-electron chi connectivity index (χ0n) is 18.1. The number of methoxy groups -OCH3 is 1. The highest BCUT2D eigenvalue weighted by Crippen LogP contribution is 2.47. The van der Waals surface area contributed by atoms with Crippen LogP contribution in [-0.4, -0.2) is 31.6 Å². The number of benzene rings is 1. The summed E-state index contributed by atoms with van der Waals surface area (Å²) in [5, 5.41) is 0. The third-order valence-corrected chi connectivity index (χ3v) is 5.86. The van der Waals surface area contributed by atoms with Crippen LogP contribution in [0.5, 0.6) is 5.88 Å². The van der Waals surface area contributed by atoms with Crippen molar-refractivity contribution in [3.05, 3.63) is 71.7 Å². The molecule has 0 atom stereocenters. The number of hydrogen-bond acceptors (Lipinski definition) is 4. The number of aryl methyl sites for hydroxylation is 1. The number of hydrogen-bond donors (Lipinski definition) is 1. The summed E-state index contributed by atoms with van der Waals surface area (Å²) in [6, 6.07) is 7.61. The van der Waals surface area contributed by atoms with E-state index in [9.17, 15) is 13.2 Å². The van der Waals surface area contributed by atoms with Crippen molar-refractivity contribution in [2.75, 3.05) is 7.11 Å². The van der Waals surface area contributed by atoms with Gasteiger partial charge in [0.15, 0.2) is 5.69 Å². The van der Waals surface area contributed by atoms with Crippen LogP contribution in [0.15, 0.2) is 49.2 Å². The van der Waals surface area contributed by atoms with Crippen molar-refractivity contribution in [2.24, 2.45) is 7.05 Å². The Labute approximate surface area is 188 Å². The van der Waals surface area contributed by atoms with Gasteiger partial charge in [-0.2, -0.15) is 13.2 Å². The highest BCUT2D eigenvalue weighted by Gasteiger charge is 2.35. The zero-order valence-corrected chi connectivity index (χ0v) is 18.1. The zero-order chi connectivity index (χ0) is 23.2. The highest BCUT2D eigenvalue weighted by atomic mass is 19.4. The Hall–Kier alpha value is -3.62. The van der Waals surface area contributed by atoms with E-state index in [1.807, 2.05) is 30.6 Å². The first-order chi connectivity index (χ1) is 15.8.